The molecule has 1 aromatic carbocycles. The van der Waals surface area contributed by atoms with Crippen LogP contribution in [0.5, 0.6) is 5.75 Å². The summed E-state index contributed by atoms with van der Waals surface area (Å²) in [6.45, 7) is -0.0874. The molecule has 0 saturated carbocycles. The Hall–Kier alpha value is -1.82. The molecule has 1 aliphatic carbocycles. The predicted octanol–water partition coefficient (Wildman–Crippen LogP) is 2.09. The van der Waals surface area contributed by atoms with Gasteiger partial charge in [-0.3, -0.25) is 15.0 Å². The van der Waals surface area contributed by atoms with Gasteiger partial charge in [-0.25, -0.2) is 0 Å². The summed E-state index contributed by atoms with van der Waals surface area (Å²) >= 11 is 3.32. The van der Waals surface area contributed by atoms with Crippen LogP contribution in [0.2, 0.25) is 0 Å². The summed E-state index contributed by atoms with van der Waals surface area (Å²) < 4.78 is 6.27. The molecular weight excluding hydrogens is 324 g/mol. The zero-order valence-corrected chi connectivity index (χ0v) is 12.4. The van der Waals surface area contributed by atoms with Crippen LogP contribution in [0.1, 0.15) is 19.3 Å². The number of carbonyl (C=O) groups excluding carboxylic acids is 2. The van der Waals surface area contributed by atoms with E-state index < -0.39 is 0 Å². The van der Waals surface area contributed by atoms with E-state index in [1.165, 1.54) is 6.08 Å². The highest BCUT2D eigenvalue weighted by molar-refractivity contribution is 9.10. The highest BCUT2D eigenvalue weighted by atomic mass is 79.9. The zero-order chi connectivity index (χ0) is 14.4. The molecule has 1 aromatic rings. The molecule has 106 valence electrons. The molecule has 2 N–H and O–H groups in total. The average Bonchev–Trinajstić information content (AvgIpc) is 2.45. The Balaban J connectivity index is 1.73. The third kappa shape index (κ3) is 4.70. The second-order valence-corrected chi connectivity index (χ2v) is 5.32. The lowest BCUT2D eigenvalue weighted by molar-refractivity contribution is -0.124. The Bertz CT molecular complexity index is 526. The van der Waals surface area contributed by atoms with E-state index in [9.17, 15) is 9.59 Å². The van der Waals surface area contributed by atoms with E-state index >= 15 is 0 Å². The highest BCUT2D eigenvalue weighted by Gasteiger charge is 2.10. The number of ether oxygens (including phenoxy) is 1. The largest absolute Gasteiger partial charge is 0.484 e. The maximum Gasteiger partial charge on any atom is 0.276 e. The Morgan fingerprint density at radius 1 is 1.25 bits per heavy atom. The summed E-state index contributed by atoms with van der Waals surface area (Å²) in [4.78, 5) is 22.8. The number of carbonyl (C=O) groups is 2. The Labute approximate surface area is 125 Å². The summed E-state index contributed by atoms with van der Waals surface area (Å²) in [5.41, 5.74) is 6.00. The summed E-state index contributed by atoms with van der Waals surface area (Å²) in [6.07, 6.45) is 3.67. The number of hydrogen-bond acceptors (Lipinski definition) is 4. The van der Waals surface area contributed by atoms with E-state index in [4.69, 9.17) is 4.74 Å². The van der Waals surface area contributed by atoms with Crippen LogP contribution in [0.3, 0.4) is 0 Å². The van der Waals surface area contributed by atoms with E-state index in [1.54, 1.807) is 12.1 Å². The number of rotatable bonds is 5. The minimum atomic E-state index is -0.299. The van der Waals surface area contributed by atoms with Crippen molar-refractivity contribution >= 4 is 27.6 Å². The van der Waals surface area contributed by atoms with Gasteiger partial charge in [-0.15, -0.1) is 0 Å². The monoisotopic (exact) mass is 338 g/mol. The molecule has 0 saturated heterocycles. The normalized spacial score (nSPS) is 14.4. The van der Waals surface area contributed by atoms with Gasteiger partial charge in [0.1, 0.15) is 5.75 Å². The fourth-order valence-electron chi connectivity index (χ4n) is 1.76. The lowest BCUT2D eigenvalue weighted by Gasteiger charge is -2.15. The quantitative estimate of drug-likeness (QED) is 0.806. The van der Waals surface area contributed by atoms with E-state index in [0.29, 0.717) is 12.2 Å². The predicted molar refractivity (Wildman–Crippen MR) is 77.9 cm³/mol. The SMILES string of the molecule is O=C1C=C(NNC(=O)COc2ccc(Br)cc2)CCC1. The number of hydrogen-bond donors (Lipinski definition) is 2. The fourth-order valence-corrected chi connectivity index (χ4v) is 2.02. The van der Waals surface area contributed by atoms with Crippen LogP contribution >= 0.6 is 15.9 Å². The van der Waals surface area contributed by atoms with E-state index in [-0.39, 0.29) is 18.3 Å². The Morgan fingerprint density at radius 2 is 2.00 bits per heavy atom. The van der Waals surface area contributed by atoms with Crippen LogP contribution in [-0.2, 0) is 9.59 Å². The number of allylic oxidation sites excluding steroid dienone is 2. The molecule has 6 heteroatoms. The number of amides is 1. The molecule has 2 rings (SSSR count). The third-order valence-electron chi connectivity index (χ3n) is 2.75. The maximum absolute atomic E-state index is 11.6. The molecule has 1 aliphatic rings. The minimum absolute atomic E-state index is 0.0825. The minimum Gasteiger partial charge on any atom is -0.484 e. The molecule has 0 heterocycles. The molecule has 0 aliphatic heterocycles. The van der Waals surface area contributed by atoms with Gasteiger partial charge >= 0.3 is 0 Å². The van der Waals surface area contributed by atoms with Gasteiger partial charge in [-0.1, -0.05) is 15.9 Å². The van der Waals surface area contributed by atoms with Crippen LogP contribution in [0.15, 0.2) is 40.5 Å². The first-order valence-electron chi connectivity index (χ1n) is 6.30. The lowest BCUT2D eigenvalue weighted by Crippen LogP contribution is -2.40. The molecular formula is C14H15BrN2O3. The van der Waals surface area contributed by atoms with Gasteiger partial charge in [0.25, 0.3) is 5.91 Å². The first-order valence-corrected chi connectivity index (χ1v) is 7.09. The Kier molecular flexibility index (Phi) is 5.17. The molecule has 0 radical (unpaired) electrons. The van der Waals surface area contributed by atoms with Crippen molar-refractivity contribution in [2.75, 3.05) is 6.61 Å². The van der Waals surface area contributed by atoms with Crippen LogP contribution in [0.4, 0.5) is 0 Å². The second kappa shape index (κ2) is 7.09. The summed E-state index contributed by atoms with van der Waals surface area (Å²) in [6, 6.07) is 7.22. The van der Waals surface area contributed by atoms with Crippen LogP contribution in [0, 0.1) is 0 Å². The molecule has 0 atom stereocenters. The molecule has 20 heavy (non-hydrogen) atoms. The molecule has 0 unspecified atom stereocenters. The lowest BCUT2D eigenvalue weighted by atomic mass is 10.0. The highest BCUT2D eigenvalue weighted by Crippen LogP contribution is 2.15. The van der Waals surface area contributed by atoms with Crippen LogP contribution in [0.25, 0.3) is 0 Å². The topological polar surface area (TPSA) is 67.4 Å². The molecule has 5 nitrogen and oxygen atoms in total. The first kappa shape index (κ1) is 14.6. The van der Waals surface area contributed by atoms with Gasteiger partial charge in [0.2, 0.25) is 0 Å². The van der Waals surface area contributed by atoms with Crippen LogP contribution < -0.4 is 15.6 Å². The second-order valence-electron chi connectivity index (χ2n) is 4.41. The van der Waals surface area contributed by atoms with Crippen molar-refractivity contribution in [3.05, 3.63) is 40.5 Å². The van der Waals surface area contributed by atoms with Crippen molar-refractivity contribution in [1.29, 1.82) is 0 Å². The average molecular weight is 339 g/mol. The van der Waals surface area contributed by atoms with E-state index in [1.807, 2.05) is 12.1 Å². The van der Waals surface area contributed by atoms with Crippen molar-refractivity contribution in [1.82, 2.24) is 10.9 Å². The molecule has 1 amide bonds. The smallest absolute Gasteiger partial charge is 0.276 e. The number of benzene rings is 1. The molecule has 0 spiro atoms. The molecule has 0 bridgehead atoms. The number of halogens is 1. The van der Waals surface area contributed by atoms with E-state index in [2.05, 4.69) is 26.8 Å². The van der Waals surface area contributed by atoms with Gasteiger partial charge in [0.05, 0.1) is 0 Å². The number of ketones is 1. The van der Waals surface area contributed by atoms with Crippen molar-refractivity contribution in [3.8, 4) is 5.75 Å². The van der Waals surface area contributed by atoms with Crippen molar-refractivity contribution < 1.29 is 14.3 Å². The van der Waals surface area contributed by atoms with Gasteiger partial charge in [-0.2, -0.15) is 0 Å². The standard InChI is InChI=1S/C14H15BrN2O3/c15-10-4-6-13(7-5-10)20-9-14(19)17-16-11-2-1-3-12(18)8-11/h4-8,16H,1-3,9H2,(H,17,19). The number of hydrazine groups is 1. The first-order chi connectivity index (χ1) is 9.63. The Morgan fingerprint density at radius 3 is 2.70 bits per heavy atom. The van der Waals surface area contributed by atoms with Gasteiger partial charge < -0.3 is 10.2 Å². The van der Waals surface area contributed by atoms with E-state index in [0.717, 1.165) is 23.0 Å². The third-order valence-corrected chi connectivity index (χ3v) is 3.28. The zero-order valence-electron chi connectivity index (χ0n) is 10.8. The fraction of sp³-hybridized carbons (Fsp3) is 0.286. The molecule has 0 fully saturated rings. The van der Waals surface area contributed by atoms with Gasteiger partial charge in [-0.05, 0) is 37.1 Å². The summed E-state index contributed by atoms with van der Waals surface area (Å²) in [5, 5.41) is 0. The van der Waals surface area contributed by atoms with Gasteiger partial charge in [0.15, 0.2) is 12.4 Å². The van der Waals surface area contributed by atoms with Crippen molar-refractivity contribution in [2.24, 2.45) is 0 Å². The van der Waals surface area contributed by atoms with Crippen molar-refractivity contribution in [3.63, 3.8) is 0 Å². The molecule has 0 aromatic heterocycles. The summed E-state index contributed by atoms with van der Waals surface area (Å²) in [7, 11) is 0. The summed E-state index contributed by atoms with van der Waals surface area (Å²) in [5.74, 6) is 0.404. The van der Waals surface area contributed by atoms with Crippen molar-refractivity contribution in [2.45, 2.75) is 19.3 Å². The van der Waals surface area contributed by atoms with Gasteiger partial charge in [0, 0.05) is 22.7 Å². The van der Waals surface area contributed by atoms with Crippen LogP contribution in [-0.4, -0.2) is 18.3 Å². The maximum atomic E-state index is 11.6. The number of nitrogens with one attached hydrogen (secondary N) is 2.